The molecule has 0 aromatic carbocycles. The van der Waals surface area contributed by atoms with Crippen molar-refractivity contribution in [3.63, 3.8) is 0 Å². The van der Waals surface area contributed by atoms with Gasteiger partial charge in [-0.25, -0.2) is 9.97 Å². The van der Waals surface area contributed by atoms with Gasteiger partial charge in [-0.15, -0.1) is 0 Å². The number of nitrogens with one attached hydrogen (secondary N) is 1. The second-order valence-electron chi connectivity index (χ2n) is 7.32. The average molecular weight is 375 g/mol. The van der Waals surface area contributed by atoms with Crippen molar-refractivity contribution in [1.29, 1.82) is 0 Å². The summed E-state index contributed by atoms with van der Waals surface area (Å²) in [4.78, 5) is 48.5. The van der Waals surface area contributed by atoms with Crippen LogP contribution >= 0.6 is 0 Å². The zero-order valence-electron chi connectivity index (χ0n) is 15.8. The molecule has 2 aliphatic rings. The fraction of sp³-hybridized carbons (Fsp3) is 0.611. The highest BCUT2D eigenvalue weighted by Crippen LogP contribution is 2.43. The van der Waals surface area contributed by atoms with Crippen molar-refractivity contribution in [3.05, 3.63) is 24.3 Å². The Morgan fingerprint density at radius 1 is 1.37 bits per heavy atom. The van der Waals surface area contributed by atoms with Crippen molar-refractivity contribution >= 4 is 17.7 Å². The first kappa shape index (κ1) is 19.2. The van der Waals surface area contributed by atoms with Crippen molar-refractivity contribution < 1.29 is 19.5 Å². The maximum absolute atomic E-state index is 13.2. The third-order valence-electron chi connectivity index (χ3n) is 5.21. The standard InChI is InChI=1S/C18H25N5O4/c1-4-13(24)21-18(27,15-19-8-6-9-20-15)23-11-17(16(23)26)7-5-10-22(17)14(25)12(2)3/h6,8-9,12,27H,4-5,7,10-11H2,1-3H3,(H,21,24)/t17-,18-/m0/s1. The Labute approximate surface area is 157 Å². The second-order valence-corrected chi connectivity index (χ2v) is 7.32. The number of aromatic nitrogens is 2. The number of carbonyl (C=O) groups excluding carboxylic acids is 3. The van der Waals surface area contributed by atoms with E-state index in [0.717, 1.165) is 11.3 Å². The van der Waals surface area contributed by atoms with Gasteiger partial charge in [-0.2, -0.15) is 0 Å². The molecule has 146 valence electrons. The average Bonchev–Trinajstić information content (AvgIpc) is 3.12. The third kappa shape index (κ3) is 2.95. The summed E-state index contributed by atoms with van der Waals surface area (Å²) in [5.41, 5.74) is -0.957. The molecule has 1 spiro atoms. The lowest BCUT2D eigenvalue weighted by Gasteiger charge is -2.55. The summed E-state index contributed by atoms with van der Waals surface area (Å²) in [6.07, 6.45) is 4.24. The van der Waals surface area contributed by atoms with E-state index in [1.165, 1.54) is 12.4 Å². The van der Waals surface area contributed by atoms with Crippen molar-refractivity contribution in [3.8, 4) is 0 Å². The molecular formula is C18H25N5O4. The van der Waals surface area contributed by atoms with Gasteiger partial charge in [0, 0.05) is 31.3 Å². The Balaban J connectivity index is 1.92. The van der Waals surface area contributed by atoms with Gasteiger partial charge in [0.05, 0.1) is 6.54 Å². The summed E-state index contributed by atoms with van der Waals surface area (Å²) in [5.74, 6) is -3.39. The number of rotatable bonds is 5. The maximum Gasteiger partial charge on any atom is 0.284 e. The van der Waals surface area contributed by atoms with Crippen LogP contribution in [0.2, 0.25) is 0 Å². The van der Waals surface area contributed by atoms with Gasteiger partial charge in [0.1, 0.15) is 5.54 Å². The van der Waals surface area contributed by atoms with Crippen LogP contribution in [0.4, 0.5) is 0 Å². The van der Waals surface area contributed by atoms with E-state index >= 15 is 0 Å². The fourth-order valence-corrected chi connectivity index (χ4v) is 3.73. The highest BCUT2D eigenvalue weighted by atomic mass is 16.3. The van der Waals surface area contributed by atoms with E-state index in [1.54, 1.807) is 31.7 Å². The van der Waals surface area contributed by atoms with Crippen LogP contribution in [0.1, 0.15) is 45.9 Å². The Morgan fingerprint density at radius 2 is 2.04 bits per heavy atom. The molecule has 3 heterocycles. The minimum atomic E-state index is -2.15. The lowest BCUT2D eigenvalue weighted by atomic mass is 9.83. The second kappa shape index (κ2) is 6.88. The summed E-state index contributed by atoms with van der Waals surface area (Å²) < 4.78 is 0. The minimum Gasteiger partial charge on any atom is -0.348 e. The molecule has 0 unspecified atom stereocenters. The van der Waals surface area contributed by atoms with Crippen LogP contribution in [-0.4, -0.2) is 61.2 Å². The molecule has 2 fully saturated rings. The molecule has 0 saturated carbocycles. The molecule has 1 aromatic heterocycles. The van der Waals surface area contributed by atoms with Gasteiger partial charge < -0.3 is 15.3 Å². The van der Waals surface area contributed by atoms with E-state index < -0.39 is 23.2 Å². The summed E-state index contributed by atoms with van der Waals surface area (Å²) in [6.45, 7) is 5.86. The number of likely N-dealkylation sites (tertiary alicyclic amines) is 2. The molecule has 3 rings (SSSR count). The number of carbonyl (C=O) groups is 3. The predicted octanol–water partition coefficient (Wildman–Crippen LogP) is -0.0352. The monoisotopic (exact) mass is 375 g/mol. The number of β-lactam (4-membered cyclic amide) rings is 1. The van der Waals surface area contributed by atoms with E-state index in [9.17, 15) is 19.5 Å². The van der Waals surface area contributed by atoms with Crippen LogP contribution in [-0.2, 0) is 20.2 Å². The van der Waals surface area contributed by atoms with E-state index in [-0.39, 0.29) is 30.6 Å². The van der Waals surface area contributed by atoms with E-state index in [4.69, 9.17) is 0 Å². The van der Waals surface area contributed by atoms with Gasteiger partial charge in [-0.1, -0.05) is 20.8 Å². The first-order valence-electron chi connectivity index (χ1n) is 9.20. The molecule has 1 aromatic rings. The number of nitrogens with zero attached hydrogens (tertiary/aromatic N) is 4. The molecule has 9 heteroatoms. The lowest BCUT2D eigenvalue weighted by molar-refractivity contribution is -0.219. The first-order valence-corrected chi connectivity index (χ1v) is 9.20. The lowest BCUT2D eigenvalue weighted by Crippen LogP contribution is -2.79. The Hall–Kier alpha value is -2.55. The van der Waals surface area contributed by atoms with Gasteiger partial charge >= 0.3 is 0 Å². The zero-order valence-corrected chi connectivity index (χ0v) is 15.8. The largest absolute Gasteiger partial charge is 0.348 e. The Kier molecular flexibility index (Phi) is 4.90. The van der Waals surface area contributed by atoms with Crippen LogP contribution < -0.4 is 5.32 Å². The van der Waals surface area contributed by atoms with Gasteiger partial charge in [-0.05, 0) is 18.9 Å². The zero-order chi connectivity index (χ0) is 19.8. The molecule has 2 atom stereocenters. The Morgan fingerprint density at radius 3 is 2.59 bits per heavy atom. The minimum absolute atomic E-state index is 0.0856. The summed E-state index contributed by atoms with van der Waals surface area (Å²) in [7, 11) is 0. The van der Waals surface area contributed by atoms with Gasteiger partial charge in [-0.3, -0.25) is 19.3 Å². The molecule has 0 bridgehead atoms. The van der Waals surface area contributed by atoms with Crippen LogP contribution in [0, 0.1) is 5.92 Å². The Bertz CT molecular complexity index is 755. The van der Waals surface area contributed by atoms with Crippen molar-refractivity contribution in [2.45, 2.75) is 51.4 Å². The number of amides is 3. The van der Waals surface area contributed by atoms with E-state index in [1.807, 2.05) is 0 Å². The van der Waals surface area contributed by atoms with Crippen LogP contribution in [0.15, 0.2) is 18.5 Å². The molecular weight excluding hydrogens is 350 g/mol. The fourth-order valence-electron chi connectivity index (χ4n) is 3.73. The molecule has 2 N–H and O–H groups in total. The van der Waals surface area contributed by atoms with Crippen LogP contribution in [0.3, 0.4) is 0 Å². The highest BCUT2D eigenvalue weighted by molar-refractivity contribution is 5.98. The highest BCUT2D eigenvalue weighted by Gasteiger charge is 2.65. The number of aliphatic hydroxyl groups is 1. The van der Waals surface area contributed by atoms with Crippen molar-refractivity contribution in [2.24, 2.45) is 5.92 Å². The maximum atomic E-state index is 13.2. The van der Waals surface area contributed by atoms with E-state index in [0.29, 0.717) is 13.0 Å². The molecule has 0 radical (unpaired) electrons. The molecule has 2 aliphatic heterocycles. The molecule has 2 saturated heterocycles. The molecule has 3 amide bonds. The topological polar surface area (TPSA) is 116 Å². The van der Waals surface area contributed by atoms with Gasteiger partial charge in [0.2, 0.25) is 17.6 Å². The summed E-state index contributed by atoms with van der Waals surface area (Å²) in [5, 5.41) is 13.7. The smallest absolute Gasteiger partial charge is 0.284 e. The SMILES string of the molecule is CCC(=O)N[C@@](O)(c1ncccn1)N1C[C@@]2(CCCN2C(=O)C(C)C)C1=O. The first-order chi connectivity index (χ1) is 12.8. The number of hydrogen-bond acceptors (Lipinski definition) is 6. The van der Waals surface area contributed by atoms with Crippen LogP contribution in [0.25, 0.3) is 0 Å². The van der Waals surface area contributed by atoms with E-state index in [2.05, 4.69) is 15.3 Å². The summed E-state index contributed by atoms with van der Waals surface area (Å²) >= 11 is 0. The third-order valence-corrected chi connectivity index (χ3v) is 5.21. The van der Waals surface area contributed by atoms with Crippen LogP contribution in [0.5, 0.6) is 0 Å². The number of hydrogen-bond donors (Lipinski definition) is 2. The predicted molar refractivity (Wildman–Crippen MR) is 94.6 cm³/mol. The van der Waals surface area contributed by atoms with Gasteiger partial charge in [0.25, 0.3) is 11.8 Å². The normalized spacial score (nSPS) is 24.1. The van der Waals surface area contributed by atoms with Crippen molar-refractivity contribution in [2.75, 3.05) is 13.1 Å². The van der Waals surface area contributed by atoms with Gasteiger partial charge in [0.15, 0.2) is 0 Å². The molecule has 0 aliphatic carbocycles. The molecule has 9 nitrogen and oxygen atoms in total. The quantitative estimate of drug-likeness (QED) is 0.551. The molecule has 27 heavy (non-hydrogen) atoms. The summed E-state index contributed by atoms with van der Waals surface area (Å²) in [6, 6.07) is 1.57. The van der Waals surface area contributed by atoms with Crippen molar-refractivity contribution in [1.82, 2.24) is 25.1 Å².